The number of carboxylic acids is 2. The molecule has 0 radical (unpaired) electrons. The van der Waals surface area contributed by atoms with Crippen LogP contribution in [0, 0.1) is 11.8 Å². The van der Waals surface area contributed by atoms with Gasteiger partial charge in [0.05, 0.1) is 0 Å². The molecule has 4 heteroatoms. The van der Waals surface area contributed by atoms with Crippen molar-refractivity contribution in [1.29, 1.82) is 0 Å². The maximum atomic E-state index is 10.9. The van der Waals surface area contributed by atoms with Gasteiger partial charge in [-0.2, -0.15) is 0 Å². The van der Waals surface area contributed by atoms with Crippen molar-refractivity contribution in [2.45, 2.75) is 33.6 Å². The second-order valence-electron chi connectivity index (χ2n) is 4.42. The van der Waals surface area contributed by atoms with Crippen LogP contribution in [0.1, 0.15) is 33.6 Å². The van der Waals surface area contributed by atoms with Crippen molar-refractivity contribution in [2.24, 2.45) is 11.8 Å². The summed E-state index contributed by atoms with van der Waals surface area (Å²) in [4.78, 5) is 21.8. The molecular formula is C13H20O4. The van der Waals surface area contributed by atoms with E-state index >= 15 is 0 Å². The van der Waals surface area contributed by atoms with E-state index in [1.807, 2.05) is 13.8 Å². The molecule has 96 valence electrons. The molecule has 1 unspecified atom stereocenters. The van der Waals surface area contributed by atoms with E-state index in [1.54, 1.807) is 6.92 Å². The molecule has 17 heavy (non-hydrogen) atoms. The SMILES string of the molecule is C=C(C(=O)O)C(C=C(CC)C(=O)O)CC(C)C. The van der Waals surface area contributed by atoms with E-state index in [4.69, 9.17) is 10.2 Å². The van der Waals surface area contributed by atoms with Gasteiger partial charge in [-0.1, -0.05) is 33.4 Å². The normalized spacial score (nSPS) is 13.5. The Morgan fingerprint density at radius 1 is 1.24 bits per heavy atom. The Morgan fingerprint density at radius 3 is 2.06 bits per heavy atom. The van der Waals surface area contributed by atoms with Gasteiger partial charge < -0.3 is 10.2 Å². The molecule has 0 aliphatic carbocycles. The molecule has 0 aromatic rings. The fourth-order valence-corrected chi connectivity index (χ4v) is 1.56. The zero-order valence-corrected chi connectivity index (χ0v) is 10.6. The van der Waals surface area contributed by atoms with E-state index in [0.29, 0.717) is 12.8 Å². The summed E-state index contributed by atoms with van der Waals surface area (Å²) < 4.78 is 0. The highest BCUT2D eigenvalue weighted by Crippen LogP contribution is 2.23. The number of rotatable bonds is 7. The van der Waals surface area contributed by atoms with E-state index in [1.165, 1.54) is 6.08 Å². The van der Waals surface area contributed by atoms with Crippen LogP contribution in [0.15, 0.2) is 23.8 Å². The summed E-state index contributed by atoms with van der Waals surface area (Å²) in [6, 6.07) is 0. The minimum absolute atomic E-state index is 0.0471. The average Bonchev–Trinajstić information content (AvgIpc) is 2.21. The van der Waals surface area contributed by atoms with Crippen LogP contribution in [0.4, 0.5) is 0 Å². The van der Waals surface area contributed by atoms with Crippen LogP contribution < -0.4 is 0 Å². The van der Waals surface area contributed by atoms with Gasteiger partial charge >= 0.3 is 11.9 Å². The molecule has 0 spiro atoms. The minimum Gasteiger partial charge on any atom is -0.478 e. The van der Waals surface area contributed by atoms with Gasteiger partial charge in [-0.15, -0.1) is 0 Å². The van der Waals surface area contributed by atoms with Gasteiger partial charge in [0.1, 0.15) is 0 Å². The van der Waals surface area contributed by atoms with Gasteiger partial charge in [-0.05, 0) is 18.8 Å². The van der Waals surface area contributed by atoms with Gasteiger partial charge in [-0.25, -0.2) is 9.59 Å². The van der Waals surface area contributed by atoms with E-state index < -0.39 is 17.9 Å². The number of allylic oxidation sites excluding steroid dienone is 1. The van der Waals surface area contributed by atoms with Crippen LogP contribution in [0.25, 0.3) is 0 Å². The summed E-state index contributed by atoms with van der Waals surface area (Å²) >= 11 is 0. The number of hydrogen-bond donors (Lipinski definition) is 2. The Hall–Kier alpha value is -1.58. The first-order valence-corrected chi connectivity index (χ1v) is 5.65. The van der Waals surface area contributed by atoms with E-state index in [9.17, 15) is 9.59 Å². The molecule has 0 saturated heterocycles. The predicted octanol–water partition coefficient (Wildman–Crippen LogP) is 2.71. The predicted molar refractivity (Wildman–Crippen MR) is 65.7 cm³/mol. The number of carboxylic acid groups (broad SMARTS) is 2. The van der Waals surface area contributed by atoms with Gasteiger partial charge in [0.2, 0.25) is 0 Å². The molecule has 4 nitrogen and oxygen atoms in total. The first-order chi connectivity index (χ1) is 7.79. The van der Waals surface area contributed by atoms with Crippen LogP contribution >= 0.6 is 0 Å². The van der Waals surface area contributed by atoms with E-state index in [-0.39, 0.29) is 17.1 Å². The molecule has 0 saturated carbocycles. The maximum Gasteiger partial charge on any atom is 0.331 e. The van der Waals surface area contributed by atoms with E-state index in [2.05, 4.69) is 6.58 Å². The monoisotopic (exact) mass is 240 g/mol. The first kappa shape index (κ1) is 15.4. The van der Waals surface area contributed by atoms with Crippen molar-refractivity contribution in [3.8, 4) is 0 Å². The molecular weight excluding hydrogens is 220 g/mol. The molecule has 1 atom stereocenters. The Morgan fingerprint density at radius 2 is 1.76 bits per heavy atom. The highest BCUT2D eigenvalue weighted by molar-refractivity contribution is 5.89. The molecule has 0 bridgehead atoms. The van der Waals surface area contributed by atoms with Crippen LogP contribution in [0.3, 0.4) is 0 Å². The second kappa shape index (κ2) is 6.89. The van der Waals surface area contributed by atoms with Crippen LogP contribution in [-0.4, -0.2) is 22.2 Å². The summed E-state index contributed by atoms with van der Waals surface area (Å²) in [5.74, 6) is -2.22. The van der Waals surface area contributed by atoms with Gasteiger partial charge in [-0.3, -0.25) is 0 Å². The Bertz CT molecular complexity index is 339. The lowest BCUT2D eigenvalue weighted by Crippen LogP contribution is -2.14. The number of carbonyl (C=O) groups is 2. The number of hydrogen-bond acceptors (Lipinski definition) is 2. The first-order valence-electron chi connectivity index (χ1n) is 5.65. The fraction of sp³-hybridized carbons (Fsp3) is 0.538. The molecule has 0 amide bonds. The lowest BCUT2D eigenvalue weighted by molar-refractivity contribution is -0.134. The highest BCUT2D eigenvalue weighted by Gasteiger charge is 2.19. The zero-order chi connectivity index (χ0) is 13.6. The van der Waals surface area contributed by atoms with Crippen molar-refractivity contribution in [3.05, 3.63) is 23.8 Å². The Kier molecular flexibility index (Phi) is 6.25. The van der Waals surface area contributed by atoms with Crippen LogP contribution in [0.2, 0.25) is 0 Å². The van der Waals surface area contributed by atoms with Gasteiger partial charge in [0, 0.05) is 17.1 Å². The summed E-state index contributed by atoms with van der Waals surface area (Å²) in [6.45, 7) is 9.17. The van der Waals surface area contributed by atoms with Gasteiger partial charge in [0.25, 0.3) is 0 Å². The van der Waals surface area contributed by atoms with Crippen LogP contribution in [0.5, 0.6) is 0 Å². The second-order valence-corrected chi connectivity index (χ2v) is 4.42. The highest BCUT2D eigenvalue weighted by atomic mass is 16.4. The molecule has 0 heterocycles. The smallest absolute Gasteiger partial charge is 0.331 e. The third-order valence-electron chi connectivity index (χ3n) is 2.51. The summed E-state index contributed by atoms with van der Waals surface area (Å²) in [7, 11) is 0. The Labute approximate surface area is 102 Å². The maximum absolute atomic E-state index is 10.9. The fourth-order valence-electron chi connectivity index (χ4n) is 1.56. The zero-order valence-electron chi connectivity index (χ0n) is 10.6. The summed E-state index contributed by atoms with van der Waals surface area (Å²) in [5.41, 5.74) is 0.281. The summed E-state index contributed by atoms with van der Waals surface area (Å²) in [6.07, 6.45) is 2.47. The third kappa shape index (κ3) is 5.33. The molecule has 0 rings (SSSR count). The van der Waals surface area contributed by atoms with Crippen molar-refractivity contribution < 1.29 is 19.8 Å². The van der Waals surface area contributed by atoms with Crippen molar-refractivity contribution in [3.63, 3.8) is 0 Å². The average molecular weight is 240 g/mol. The molecule has 0 aliphatic rings. The lowest BCUT2D eigenvalue weighted by atomic mass is 9.88. The molecule has 0 aliphatic heterocycles. The van der Waals surface area contributed by atoms with E-state index in [0.717, 1.165) is 0 Å². The van der Waals surface area contributed by atoms with Crippen molar-refractivity contribution in [1.82, 2.24) is 0 Å². The molecule has 2 N–H and O–H groups in total. The minimum atomic E-state index is -1.08. The van der Waals surface area contributed by atoms with Gasteiger partial charge in [0.15, 0.2) is 0 Å². The number of aliphatic carboxylic acids is 2. The van der Waals surface area contributed by atoms with Crippen LogP contribution in [-0.2, 0) is 9.59 Å². The standard InChI is InChI=1S/C13H20O4/c1-5-10(13(16)17)7-11(6-8(2)3)9(4)12(14)15/h7-8,11H,4-6H2,1-3H3,(H,14,15)(H,16,17). The third-order valence-corrected chi connectivity index (χ3v) is 2.51. The lowest BCUT2D eigenvalue weighted by Gasteiger charge is -2.16. The van der Waals surface area contributed by atoms with Crippen molar-refractivity contribution >= 4 is 11.9 Å². The summed E-state index contributed by atoms with van der Waals surface area (Å²) in [5, 5.41) is 17.8. The molecule has 0 aromatic heterocycles. The molecule has 0 aromatic carbocycles. The topological polar surface area (TPSA) is 74.6 Å². The quantitative estimate of drug-likeness (QED) is 0.671. The largest absolute Gasteiger partial charge is 0.478 e. The molecule has 0 fully saturated rings. The Balaban J connectivity index is 5.11. The van der Waals surface area contributed by atoms with Crippen molar-refractivity contribution in [2.75, 3.05) is 0 Å².